The zero-order valence-electron chi connectivity index (χ0n) is 17.2. The Balaban J connectivity index is 1.74. The summed E-state index contributed by atoms with van der Waals surface area (Å²) in [6, 6.07) is 3.76. The number of nitrogens with one attached hydrogen (secondary N) is 2. The molecule has 4 amide bonds. The number of rotatable bonds is 7. The first-order valence-corrected chi connectivity index (χ1v) is 10.5. The lowest BCUT2D eigenvalue weighted by Crippen LogP contribution is -2.57. The van der Waals surface area contributed by atoms with Crippen molar-refractivity contribution in [3.8, 4) is 0 Å². The molecule has 31 heavy (non-hydrogen) atoms. The Bertz CT molecular complexity index is 965. The number of fused-ring (bicyclic) bond motifs is 3. The molecular weight excluding hydrogens is 424 g/mol. The normalized spacial score (nSPS) is 22.8. The second kappa shape index (κ2) is 8.22. The van der Waals surface area contributed by atoms with Crippen LogP contribution in [0.2, 0.25) is 0 Å². The van der Waals surface area contributed by atoms with Crippen LogP contribution in [0.15, 0.2) is 24.3 Å². The average molecular weight is 449 g/mol. The van der Waals surface area contributed by atoms with Crippen LogP contribution in [0.1, 0.15) is 48.5 Å². The molecular formula is C20H24N4O6S. The van der Waals surface area contributed by atoms with E-state index in [0.717, 1.165) is 5.56 Å². The summed E-state index contributed by atoms with van der Waals surface area (Å²) in [4.78, 5) is 62.3. The highest BCUT2D eigenvalue weighted by Gasteiger charge is 2.57. The molecule has 1 saturated heterocycles. The lowest BCUT2D eigenvalue weighted by atomic mass is 10.0. The third kappa shape index (κ3) is 4.22. The molecule has 0 saturated carbocycles. The van der Waals surface area contributed by atoms with Gasteiger partial charge in [-0.1, -0.05) is 18.2 Å². The first kappa shape index (κ1) is 22.6. The Kier molecular flexibility index (Phi) is 5.99. The number of nitrogens with zero attached hydrogens (tertiary/aromatic N) is 1. The first-order chi connectivity index (χ1) is 14.4. The van der Waals surface area contributed by atoms with Gasteiger partial charge in [0, 0.05) is 10.3 Å². The molecule has 0 radical (unpaired) electrons. The van der Waals surface area contributed by atoms with Crippen LogP contribution in [0.25, 0.3) is 0 Å². The second-order valence-electron chi connectivity index (χ2n) is 8.08. The van der Waals surface area contributed by atoms with E-state index >= 15 is 0 Å². The molecule has 5 N–H and O–H groups in total. The molecule has 3 rings (SSSR count). The molecule has 1 aromatic carbocycles. The van der Waals surface area contributed by atoms with E-state index in [-0.39, 0.29) is 11.3 Å². The molecule has 0 spiro atoms. The number of carbonyl (C=O) groups excluding carboxylic acids is 4. The molecule has 2 heterocycles. The number of thioether (sulfide) groups is 1. The lowest BCUT2D eigenvalue weighted by Gasteiger charge is -2.30. The van der Waals surface area contributed by atoms with Gasteiger partial charge >= 0.3 is 5.97 Å². The van der Waals surface area contributed by atoms with Gasteiger partial charge in [-0.25, -0.2) is 4.79 Å². The predicted molar refractivity (Wildman–Crippen MR) is 112 cm³/mol. The van der Waals surface area contributed by atoms with Crippen molar-refractivity contribution < 1.29 is 29.1 Å². The van der Waals surface area contributed by atoms with E-state index in [1.807, 2.05) is 26.0 Å². The SMILES string of the molecule is CC(NC(=O)C1N2C(=O)c3ccccc3C2SC1(C)C)C(=O)NC(CC(N)=O)C(=O)O. The number of carboxylic acids is 1. The van der Waals surface area contributed by atoms with Crippen LogP contribution >= 0.6 is 11.8 Å². The Hall–Kier alpha value is -3.08. The maximum Gasteiger partial charge on any atom is 0.326 e. The summed E-state index contributed by atoms with van der Waals surface area (Å²) < 4.78 is -0.621. The molecule has 0 bridgehead atoms. The van der Waals surface area contributed by atoms with Gasteiger partial charge in [-0.05, 0) is 32.4 Å². The van der Waals surface area contributed by atoms with E-state index in [9.17, 15) is 24.0 Å². The molecule has 0 aliphatic carbocycles. The molecule has 11 heteroatoms. The molecule has 4 atom stereocenters. The largest absolute Gasteiger partial charge is 0.480 e. The predicted octanol–water partition coefficient (Wildman–Crippen LogP) is -0.0155. The minimum atomic E-state index is -1.50. The van der Waals surface area contributed by atoms with Crippen molar-refractivity contribution in [2.45, 2.75) is 55.4 Å². The van der Waals surface area contributed by atoms with Gasteiger partial charge in [0.15, 0.2) is 0 Å². The van der Waals surface area contributed by atoms with Crippen molar-refractivity contribution in [3.05, 3.63) is 35.4 Å². The van der Waals surface area contributed by atoms with E-state index in [1.165, 1.54) is 23.6 Å². The van der Waals surface area contributed by atoms with Crippen LogP contribution in [0, 0.1) is 0 Å². The lowest BCUT2D eigenvalue weighted by molar-refractivity contribution is -0.143. The number of benzene rings is 1. The Morgan fingerprint density at radius 2 is 1.87 bits per heavy atom. The van der Waals surface area contributed by atoms with Crippen molar-refractivity contribution in [1.82, 2.24) is 15.5 Å². The maximum absolute atomic E-state index is 13.1. The summed E-state index contributed by atoms with van der Waals surface area (Å²) in [7, 11) is 0. The summed E-state index contributed by atoms with van der Waals surface area (Å²) in [6.45, 7) is 5.10. The molecule has 2 aliphatic rings. The van der Waals surface area contributed by atoms with Crippen LogP contribution in [-0.4, -0.2) is 62.5 Å². The number of hydrogen-bond acceptors (Lipinski definition) is 6. The Morgan fingerprint density at radius 3 is 2.48 bits per heavy atom. The minimum absolute atomic E-state index is 0.247. The second-order valence-corrected chi connectivity index (χ2v) is 9.81. The van der Waals surface area contributed by atoms with Crippen LogP contribution in [0.5, 0.6) is 0 Å². The van der Waals surface area contributed by atoms with Gasteiger partial charge in [0.25, 0.3) is 5.91 Å². The van der Waals surface area contributed by atoms with E-state index in [1.54, 1.807) is 12.1 Å². The van der Waals surface area contributed by atoms with Crippen molar-refractivity contribution >= 4 is 41.4 Å². The fraction of sp³-hybridized carbons (Fsp3) is 0.450. The van der Waals surface area contributed by atoms with E-state index < -0.39 is 53.0 Å². The third-order valence-corrected chi connectivity index (χ3v) is 6.85. The van der Waals surface area contributed by atoms with Gasteiger partial charge in [-0.15, -0.1) is 11.8 Å². The Morgan fingerprint density at radius 1 is 1.23 bits per heavy atom. The van der Waals surface area contributed by atoms with Crippen molar-refractivity contribution in [2.24, 2.45) is 5.73 Å². The zero-order chi connectivity index (χ0) is 23.1. The van der Waals surface area contributed by atoms with Gasteiger partial charge in [0.05, 0.1) is 6.42 Å². The van der Waals surface area contributed by atoms with Gasteiger partial charge in [-0.3, -0.25) is 19.2 Å². The minimum Gasteiger partial charge on any atom is -0.480 e. The topological polar surface area (TPSA) is 159 Å². The summed E-state index contributed by atoms with van der Waals surface area (Å²) in [6.07, 6.45) is -0.573. The number of amides is 4. The maximum atomic E-state index is 13.1. The number of carbonyl (C=O) groups is 5. The van der Waals surface area contributed by atoms with Gasteiger partial charge in [0.2, 0.25) is 17.7 Å². The molecule has 10 nitrogen and oxygen atoms in total. The van der Waals surface area contributed by atoms with Crippen LogP contribution in [0.4, 0.5) is 0 Å². The number of nitrogens with two attached hydrogens (primary N) is 1. The fourth-order valence-corrected chi connectivity index (χ4v) is 5.45. The van der Waals surface area contributed by atoms with E-state index in [4.69, 9.17) is 10.8 Å². The molecule has 0 aromatic heterocycles. The van der Waals surface area contributed by atoms with Crippen molar-refractivity contribution in [1.29, 1.82) is 0 Å². The van der Waals surface area contributed by atoms with Gasteiger partial charge in [0.1, 0.15) is 23.5 Å². The molecule has 166 valence electrons. The number of hydrogen-bond donors (Lipinski definition) is 4. The first-order valence-electron chi connectivity index (χ1n) is 9.65. The summed E-state index contributed by atoms with van der Waals surface area (Å²) >= 11 is 1.49. The van der Waals surface area contributed by atoms with Crippen molar-refractivity contribution in [3.63, 3.8) is 0 Å². The standard InChI is InChI=1S/C20H24N4O6S/c1-9(15(26)23-12(19(29)30)8-13(21)25)22-16(27)14-20(2,3)31-18-11-7-5-4-6-10(11)17(28)24(14)18/h4-7,9,12,14,18H,8H2,1-3H3,(H2,21,25)(H,22,27)(H,23,26)(H,29,30). The van der Waals surface area contributed by atoms with Crippen LogP contribution < -0.4 is 16.4 Å². The monoisotopic (exact) mass is 448 g/mol. The molecule has 1 aromatic rings. The highest BCUT2D eigenvalue weighted by Crippen LogP contribution is 2.56. The number of aliphatic carboxylic acids is 1. The smallest absolute Gasteiger partial charge is 0.326 e. The molecule has 1 fully saturated rings. The summed E-state index contributed by atoms with van der Waals surface area (Å²) in [5, 5.41) is 13.6. The van der Waals surface area contributed by atoms with Gasteiger partial charge in [-0.2, -0.15) is 0 Å². The average Bonchev–Trinajstić information content (AvgIpc) is 3.10. The highest BCUT2D eigenvalue weighted by atomic mass is 32.2. The van der Waals surface area contributed by atoms with Gasteiger partial charge < -0.3 is 26.4 Å². The third-order valence-electron chi connectivity index (χ3n) is 5.32. The van der Waals surface area contributed by atoms with Crippen LogP contribution in [-0.2, 0) is 19.2 Å². The highest BCUT2D eigenvalue weighted by molar-refractivity contribution is 8.01. The fourth-order valence-electron chi connectivity index (χ4n) is 3.86. The molecule has 2 aliphatic heterocycles. The number of primary amides is 1. The van der Waals surface area contributed by atoms with Crippen molar-refractivity contribution in [2.75, 3.05) is 0 Å². The Labute approximate surface area is 182 Å². The molecule has 4 unspecified atom stereocenters. The zero-order valence-corrected chi connectivity index (χ0v) is 18.1. The van der Waals surface area contributed by atoms with E-state index in [2.05, 4.69) is 10.6 Å². The summed E-state index contributed by atoms with van der Waals surface area (Å²) in [5.74, 6) is -3.85. The quantitative estimate of drug-likeness (QED) is 0.456. The number of carboxylic acid groups (broad SMARTS) is 1. The van der Waals surface area contributed by atoms with E-state index in [0.29, 0.717) is 5.56 Å². The van der Waals surface area contributed by atoms with Crippen LogP contribution in [0.3, 0.4) is 0 Å². The summed E-state index contributed by atoms with van der Waals surface area (Å²) in [5.41, 5.74) is 6.41.